The SMILES string of the molecule is CCC1(CC)c2cc(Br)ccc2-c2c1c1c(c3c2C(CC)(CC)c2cc(N(c4ccccc4)c4ccccc4)ccc2-3)C(CC)(CC)c2cc(N(c3ccccc3)c3ccccc3)ccc2-1. The van der Waals surface area contributed by atoms with Crippen molar-refractivity contribution in [3.8, 4) is 33.4 Å². The van der Waals surface area contributed by atoms with E-state index in [0.29, 0.717) is 0 Å². The standard InChI is InChI=1S/C63H59BrN2/c1-7-61(8-2)52-39-42(64)33-36-49(52)55-58(61)56-50-37-34-47(65(43-25-17-13-18-26-43)44-27-19-14-20-28-44)40-53(50)63(11-5,12-6)60(56)57-51-38-35-48(41-54(51)62(9-3,10-4)59(55)57)66(45-29-21-15-22-30-45)46-31-23-16-24-32-46/h13-41H,7-12H2,1-6H3. The molecule has 0 saturated heterocycles. The van der Waals surface area contributed by atoms with Crippen LogP contribution in [0.3, 0.4) is 0 Å². The Morgan fingerprint density at radius 2 is 0.591 bits per heavy atom. The lowest BCUT2D eigenvalue weighted by Crippen LogP contribution is -2.29. The number of nitrogens with zero attached hydrogens (tertiary/aromatic N) is 2. The molecule has 0 amide bonds. The number of rotatable bonds is 12. The summed E-state index contributed by atoms with van der Waals surface area (Å²) in [6.07, 6.45) is 6.10. The van der Waals surface area contributed by atoms with E-state index in [1.807, 2.05) is 0 Å². The molecule has 8 aromatic carbocycles. The monoisotopic (exact) mass is 922 g/mol. The van der Waals surface area contributed by atoms with E-state index in [1.165, 1.54) is 61.4 Å². The van der Waals surface area contributed by atoms with Crippen LogP contribution in [-0.2, 0) is 16.2 Å². The highest BCUT2D eigenvalue weighted by Gasteiger charge is 2.56. The molecule has 66 heavy (non-hydrogen) atoms. The average Bonchev–Trinajstić information content (AvgIpc) is 3.94. The minimum absolute atomic E-state index is 0.147. The van der Waals surface area contributed by atoms with E-state index in [2.05, 4.69) is 243 Å². The molecule has 11 rings (SSSR count). The molecule has 0 unspecified atom stereocenters. The maximum Gasteiger partial charge on any atom is 0.0465 e. The van der Waals surface area contributed by atoms with E-state index in [1.54, 1.807) is 16.7 Å². The van der Waals surface area contributed by atoms with E-state index in [0.717, 1.165) is 65.7 Å². The number of hydrogen-bond donors (Lipinski definition) is 0. The van der Waals surface area contributed by atoms with Crippen molar-refractivity contribution in [3.05, 3.63) is 214 Å². The van der Waals surface area contributed by atoms with Crippen molar-refractivity contribution in [2.75, 3.05) is 9.80 Å². The van der Waals surface area contributed by atoms with Gasteiger partial charge in [0, 0.05) is 54.8 Å². The second-order valence-corrected chi connectivity index (χ2v) is 19.7. The van der Waals surface area contributed by atoms with Crippen molar-refractivity contribution >= 4 is 50.1 Å². The zero-order chi connectivity index (χ0) is 45.4. The first-order chi connectivity index (χ1) is 32.3. The number of hydrogen-bond acceptors (Lipinski definition) is 2. The third kappa shape index (κ3) is 5.84. The van der Waals surface area contributed by atoms with E-state index in [-0.39, 0.29) is 16.2 Å². The van der Waals surface area contributed by atoms with Crippen LogP contribution in [0, 0.1) is 0 Å². The Kier molecular flexibility index (Phi) is 10.5. The Hall–Kier alpha value is -6.16. The summed E-state index contributed by atoms with van der Waals surface area (Å²) in [6.45, 7) is 14.7. The third-order valence-electron chi connectivity index (χ3n) is 16.5. The summed E-state index contributed by atoms with van der Waals surface area (Å²) in [5.74, 6) is 0. The minimum Gasteiger partial charge on any atom is -0.310 e. The van der Waals surface area contributed by atoms with Crippen molar-refractivity contribution in [2.45, 2.75) is 96.3 Å². The van der Waals surface area contributed by atoms with E-state index in [9.17, 15) is 0 Å². The van der Waals surface area contributed by atoms with Gasteiger partial charge in [-0.2, -0.15) is 0 Å². The predicted octanol–water partition coefficient (Wildman–Crippen LogP) is 18.6. The van der Waals surface area contributed by atoms with Crippen LogP contribution in [0.2, 0.25) is 0 Å². The van der Waals surface area contributed by atoms with E-state index >= 15 is 0 Å². The van der Waals surface area contributed by atoms with Crippen molar-refractivity contribution in [2.24, 2.45) is 0 Å². The predicted molar refractivity (Wildman–Crippen MR) is 284 cm³/mol. The maximum atomic E-state index is 3.99. The highest BCUT2D eigenvalue weighted by molar-refractivity contribution is 9.10. The summed E-state index contributed by atoms with van der Waals surface area (Å²) in [4.78, 5) is 4.90. The van der Waals surface area contributed by atoms with Crippen molar-refractivity contribution in [3.63, 3.8) is 0 Å². The number of benzene rings is 8. The molecule has 2 nitrogen and oxygen atoms in total. The van der Waals surface area contributed by atoms with Crippen LogP contribution in [-0.4, -0.2) is 0 Å². The Bertz CT molecular complexity index is 2940. The summed E-state index contributed by atoms with van der Waals surface area (Å²) in [7, 11) is 0. The van der Waals surface area contributed by atoms with Crippen molar-refractivity contribution < 1.29 is 0 Å². The van der Waals surface area contributed by atoms with Crippen LogP contribution in [0.15, 0.2) is 180 Å². The Morgan fingerprint density at radius 3 is 0.879 bits per heavy atom. The second-order valence-electron chi connectivity index (χ2n) is 18.8. The molecule has 0 aromatic heterocycles. The van der Waals surface area contributed by atoms with Gasteiger partial charge in [-0.15, -0.1) is 0 Å². The van der Waals surface area contributed by atoms with Gasteiger partial charge in [-0.05, 0) is 190 Å². The largest absolute Gasteiger partial charge is 0.310 e. The van der Waals surface area contributed by atoms with Crippen molar-refractivity contribution in [1.82, 2.24) is 0 Å². The number of fused-ring (bicyclic) bond motifs is 12. The highest BCUT2D eigenvalue weighted by Crippen LogP contribution is 2.71. The molecule has 0 spiro atoms. The molecule has 3 heteroatoms. The van der Waals surface area contributed by atoms with Gasteiger partial charge in [-0.3, -0.25) is 0 Å². The fourth-order valence-electron chi connectivity index (χ4n) is 13.3. The van der Waals surface area contributed by atoms with Gasteiger partial charge in [0.1, 0.15) is 0 Å². The molecule has 0 fully saturated rings. The van der Waals surface area contributed by atoms with Crippen LogP contribution < -0.4 is 9.80 Å². The average molecular weight is 924 g/mol. The van der Waals surface area contributed by atoms with Crippen LogP contribution in [0.25, 0.3) is 33.4 Å². The lowest BCUT2D eigenvalue weighted by molar-refractivity contribution is 0.473. The number of anilines is 6. The van der Waals surface area contributed by atoms with Gasteiger partial charge in [0.15, 0.2) is 0 Å². The molecule has 328 valence electrons. The molecule has 3 aliphatic carbocycles. The minimum atomic E-state index is -0.213. The van der Waals surface area contributed by atoms with Crippen LogP contribution >= 0.6 is 15.9 Å². The van der Waals surface area contributed by atoms with Crippen LogP contribution in [0.5, 0.6) is 0 Å². The fourth-order valence-corrected chi connectivity index (χ4v) is 13.6. The Morgan fingerprint density at radius 1 is 0.318 bits per heavy atom. The maximum absolute atomic E-state index is 3.99. The second kappa shape index (κ2) is 16.3. The van der Waals surface area contributed by atoms with Gasteiger partial charge in [-0.1, -0.05) is 148 Å². The summed E-state index contributed by atoms with van der Waals surface area (Å²) < 4.78 is 1.16. The fraction of sp³-hybridized carbons (Fsp3) is 0.238. The molecule has 0 saturated carbocycles. The van der Waals surface area contributed by atoms with Gasteiger partial charge in [-0.25, -0.2) is 0 Å². The first kappa shape index (κ1) is 42.5. The Balaban J connectivity index is 1.26. The summed E-state index contributed by atoms with van der Waals surface area (Å²) in [5.41, 5.74) is 24.4. The highest BCUT2D eigenvalue weighted by atomic mass is 79.9. The van der Waals surface area contributed by atoms with Gasteiger partial charge in [0.25, 0.3) is 0 Å². The molecular formula is C63H59BrN2. The topological polar surface area (TPSA) is 6.48 Å². The molecule has 0 aliphatic heterocycles. The smallest absolute Gasteiger partial charge is 0.0465 e. The number of halogens is 1. The molecule has 0 bridgehead atoms. The molecule has 8 aromatic rings. The molecule has 0 N–H and O–H groups in total. The third-order valence-corrected chi connectivity index (χ3v) is 17.0. The normalized spacial score (nSPS) is 15.0. The lowest BCUT2D eigenvalue weighted by Gasteiger charge is -2.37. The lowest BCUT2D eigenvalue weighted by atomic mass is 9.65. The Labute approximate surface area is 401 Å². The first-order valence-corrected chi connectivity index (χ1v) is 25.3. The molecular weight excluding hydrogens is 865 g/mol. The van der Waals surface area contributed by atoms with Crippen LogP contribution in [0.4, 0.5) is 34.1 Å². The zero-order valence-corrected chi connectivity index (χ0v) is 40.8. The van der Waals surface area contributed by atoms with Crippen LogP contribution in [0.1, 0.15) is 113 Å². The number of para-hydroxylation sites is 4. The molecule has 0 heterocycles. The van der Waals surface area contributed by atoms with E-state index < -0.39 is 0 Å². The summed E-state index contributed by atoms with van der Waals surface area (Å²) in [5, 5.41) is 0. The quantitative estimate of drug-likeness (QED) is 0.120. The first-order valence-electron chi connectivity index (χ1n) is 24.5. The van der Waals surface area contributed by atoms with Gasteiger partial charge < -0.3 is 9.80 Å². The molecule has 0 radical (unpaired) electrons. The molecule has 3 aliphatic rings. The van der Waals surface area contributed by atoms with Gasteiger partial charge in [0.05, 0.1) is 0 Å². The molecule has 0 atom stereocenters. The van der Waals surface area contributed by atoms with Crippen molar-refractivity contribution in [1.29, 1.82) is 0 Å². The summed E-state index contributed by atoms with van der Waals surface area (Å²) >= 11 is 3.99. The van der Waals surface area contributed by atoms with Gasteiger partial charge in [0.2, 0.25) is 0 Å². The summed E-state index contributed by atoms with van der Waals surface area (Å²) in [6, 6.07) is 65.9. The van der Waals surface area contributed by atoms with E-state index in [4.69, 9.17) is 0 Å². The van der Waals surface area contributed by atoms with Gasteiger partial charge >= 0.3 is 0 Å². The zero-order valence-electron chi connectivity index (χ0n) is 39.3.